The zero-order valence-corrected chi connectivity index (χ0v) is 11.2. The van der Waals surface area contributed by atoms with Crippen molar-refractivity contribution in [3.05, 3.63) is 58.9 Å². The Hall–Kier alpha value is -2.07. The number of hydrogen-bond acceptors (Lipinski definition) is 2. The fourth-order valence-corrected chi connectivity index (χ4v) is 1.85. The SMILES string of the molecule is Cc1cc(Cl)ccc1NC(=O)NCc1cccnc1. The summed E-state index contributed by atoms with van der Waals surface area (Å²) in [6.07, 6.45) is 3.41. The normalized spacial score (nSPS) is 10.0. The quantitative estimate of drug-likeness (QED) is 0.902. The Balaban J connectivity index is 1.91. The van der Waals surface area contributed by atoms with Crippen LogP contribution in [0.4, 0.5) is 10.5 Å². The van der Waals surface area contributed by atoms with Crippen LogP contribution < -0.4 is 10.6 Å². The number of amides is 2. The molecule has 2 N–H and O–H groups in total. The van der Waals surface area contributed by atoms with Gasteiger partial charge in [-0.15, -0.1) is 0 Å². The number of urea groups is 1. The van der Waals surface area contributed by atoms with Gasteiger partial charge in [0, 0.05) is 29.6 Å². The fraction of sp³-hybridized carbons (Fsp3) is 0.143. The summed E-state index contributed by atoms with van der Waals surface area (Å²) in [6, 6.07) is 8.80. The second-order valence-electron chi connectivity index (χ2n) is 4.13. The maximum Gasteiger partial charge on any atom is 0.319 e. The zero-order chi connectivity index (χ0) is 13.7. The van der Waals surface area contributed by atoms with E-state index in [9.17, 15) is 4.79 Å². The maximum absolute atomic E-state index is 11.7. The molecule has 0 saturated carbocycles. The molecule has 2 rings (SSSR count). The lowest BCUT2D eigenvalue weighted by molar-refractivity contribution is 0.251. The Bertz CT molecular complexity index is 572. The second-order valence-corrected chi connectivity index (χ2v) is 4.56. The largest absolute Gasteiger partial charge is 0.334 e. The van der Waals surface area contributed by atoms with Gasteiger partial charge in [0.1, 0.15) is 0 Å². The third-order valence-electron chi connectivity index (χ3n) is 2.61. The molecule has 5 heteroatoms. The van der Waals surface area contributed by atoms with Crippen LogP contribution >= 0.6 is 11.6 Å². The Morgan fingerprint density at radius 2 is 2.21 bits per heavy atom. The molecule has 0 atom stereocenters. The number of hydrogen-bond donors (Lipinski definition) is 2. The number of aromatic nitrogens is 1. The average molecular weight is 276 g/mol. The highest BCUT2D eigenvalue weighted by Crippen LogP contribution is 2.19. The number of rotatable bonds is 3. The van der Waals surface area contributed by atoms with Crippen LogP contribution in [-0.2, 0) is 6.54 Å². The van der Waals surface area contributed by atoms with Crippen LogP contribution in [0.1, 0.15) is 11.1 Å². The van der Waals surface area contributed by atoms with Crippen LogP contribution in [0.2, 0.25) is 5.02 Å². The van der Waals surface area contributed by atoms with Crippen LogP contribution in [0.25, 0.3) is 0 Å². The van der Waals surface area contributed by atoms with Crippen molar-refractivity contribution < 1.29 is 4.79 Å². The zero-order valence-electron chi connectivity index (χ0n) is 10.5. The third kappa shape index (κ3) is 3.96. The molecule has 1 aromatic heterocycles. The van der Waals surface area contributed by atoms with Crippen molar-refractivity contribution in [2.45, 2.75) is 13.5 Å². The van der Waals surface area contributed by atoms with Gasteiger partial charge in [-0.25, -0.2) is 4.79 Å². The molecule has 1 aromatic carbocycles. The summed E-state index contributed by atoms with van der Waals surface area (Å²) < 4.78 is 0. The van der Waals surface area contributed by atoms with E-state index in [2.05, 4.69) is 15.6 Å². The van der Waals surface area contributed by atoms with Crippen LogP contribution in [0, 0.1) is 6.92 Å². The molecule has 2 aromatic rings. The summed E-state index contributed by atoms with van der Waals surface area (Å²) in [5.74, 6) is 0. The van der Waals surface area contributed by atoms with E-state index in [1.807, 2.05) is 19.1 Å². The minimum Gasteiger partial charge on any atom is -0.334 e. The van der Waals surface area contributed by atoms with Gasteiger partial charge in [0.15, 0.2) is 0 Å². The monoisotopic (exact) mass is 275 g/mol. The molecule has 0 bridgehead atoms. The van der Waals surface area contributed by atoms with E-state index in [0.717, 1.165) is 16.8 Å². The molecule has 19 heavy (non-hydrogen) atoms. The smallest absolute Gasteiger partial charge is 0.319 e. The van der Waals surface area contributed by atoms with Crippen molar-refractivity contribution in [2.75, 3.05) is 5.32 Å². The Kier molecular flexibility index (Phi) is 4.36. The van der Waals surface area contributed by atoms with Crippen LogP contribution in [0.3, 0.4) is 0 Å². The van der Waals surface area contributed by atoms with Gasteiger partial charge in [-0.05, 0) is 42.3 Å². The highest BCUT2D eigenvalue weighted by Gasteiger charge is 2.04. The molecule has 1 heterocycles. The number of halogens is 1. The summed E-state index contributed by atoms with van der Waals surface area (Å²) in [5.41, 5.74) is 2.61. The topological polar surface area (TPSA) is 54.0 Å². The number of pyridine rings is 1. The highest BCUT2D eigenvalue weighted by molar-refractivity contribution is 6.30. The molecule has 0 fully saturated rings. The number of aryl methyl sites for hydroxylation is 1. The minimum absolute atomic E-state index is 0.255. The fourth-order valence-electron chi connectivity index (χ4n) is 1.62. The first-order valence-corrected chi connectivity index (χ1v) is 6.23. The molecule has 2 amide bonds. The standard InChI is InChI=1S/C14H14ClN3O/c1-10-7-12(15)4-5-13(10)18-14(19)17-9-11-3-2-6-16-8-11/h2-8H,9H2,1H3,(H2,17,18,19). The number of nitrogens with one attached hydrogen (secondary N) is 2. The van der Waals surface area contributed by atoms with Crippen molar-refractivity contribution in [3.63, 3.8) is 0 Å². The van der Waals surface area contributed by atoms with Crippen LogP contribution in [-0.4, -0.2) is 11.0 Å². The van der Waals surface area contributed by atoms with Gasteiger partial charge < -0.3 is 10.6 Å². The lowest BCUT2D eigenvalue weighted by Crippen LogP contribution is -2.28. The lowest BCUT2D eigenvalue weighted by atomic mass is 10.2. The average Bonchev–Trinajstić information content (AvgIpc) is 2.41. The Labute approximate surface area is 116 Å². The van der Waals surface area contributed by atoms with Crippen molar-refractivity contribution in [2.24, 2.45) is 0 Å². The number of nitrogens with zero attached hydrogens (tertiary/aromatic N) is 1. The predicted molar refractivity (Wildman–Crippen MR) is 76.3 cm³/mol. The highest BCUT2D eigenvalue weighted by atomic mass is 35.5. The first-order valence-electron chi connectivity index (χ1n) is 5.85. The van der Waals surface area contributed by atoms with Crippen molar-refractivity contribution in [3.8, 4) is 0 Å². The third-order valence-corrected chi connectivity index (χ3v) is 2.85. The lowest BCUT2D eigenvalue weighted by Gasteiger charge is -2.10. The maximum atomic E-state index is 11.7. The molecular formula is C14H14ClN3O. The summed E-state index contributed by atoms with van der Waals surface area (Å²) in [6.45, 7) is 2.33. The number of carbonyl (C=O) groups excluding carboxylic acids is 1. The molecule has 0 aliphatic heterocycles. The van der Waals surface area contributed by atoms with E-state index in [4.69, 9.17) is 11.6 Å². The number of benzene rings is 1. The molecule has 0 aliphatic carbocycles. The van der Waals surface area contributed by atoms with E-state index in [0.29, 0.717) is 11.6 Å². The van der Waals surface area contributed by atoms with Crippen LogP contribution in [0.5, 0.6) is 0 Å². The summed E-state index contributed by atoms with van der Waals surface area (Å²) in [5, 5.41) is 6.20. The minimum atomic E-state index is -0.255. The summed E-state index contributed by atoms with van der Waals surface area (Å²) in [7, 11) is 0. The van der Waals surface area contributed by atoms with Gasteiger partial charge in [-0.3, -0.25) is 4.98 Å². The van der Waals surface area contributed by atoms with Gasteiger partial charge in [0.25, 0.3) is 0 Å². The Morgan fingerprint density at radius 1 is 1.37 bits per heavy atom. The van der Waals surface area contributed by atoms with Crippen molar-refractivity contribution >= 4 is 23.3 Å². The van der Waals surface area contributed by atoms with Crippen molar-refractivity contribution in [1.82, 2.24) is 10.3 Å². The first kappa shape index (κ1) is 13.4. The van der Waals surface area contributed by atoms with E-state index in [-0.39, 0.29) is 6.03 Å². The molecule has 0 spiro atoms. The summed E-state index contributed by atoms with van der Waals surface area (Å²) in [4.78, 5) is 15.7. The van der Waals surface area contributed by atoms with E-state index in [1.54, 1.807) is 30.6 Å². The molecular weight excluding hydrogens is 262 g/mol. The van der Waals surface area contributed by atoms with Crippen LogP contribution in [0.15, 0.2) is 42.7 Å². The predicted octanol–water partition coefficient (Wildman–Crippen LogP) is 3.37. The van der Waals surface area contributed by atoms with Gasteiger partial charge in [-0.2, -0.15) is 0 Å². The molecule has 0 radical (unpaired) electrons. The first-order chi connectivity index (χ1) is 9.15. The molecule has 4 nitrogen and oxygen atoms in total. The van der Waals surface area contributed by atoms with Gasteiger partial charge >= 0.3 is 6.03 Å². The van der Waals surface area contributed by atoms with E-state index in [1.165, 1.54) is 0 Å². The molecule has 98 valence electrons. The van der Waals surface area contributed by atoms with Gasteiger partial charge in [-0.1, -0.05) is 17.7 Å². The van der Waals surface area contributed by atoms with E-state index < -0.39 is 0 Å². The van der Waals surface area contributed by atoms with Gasteiger partial charge in [0.2, 0.25) is 0 Å². The van der Waals surface area contributed by atoms with Crippen molar-refractivity contribution in [1.29, 1.82) is 0 Å². The molecule has 0 aliphatic rings. The van der Waals surface area contributed by atoms with E-state index >= 15 is 0 Å². The number of anilines is 1. The molecule has 0 unspecified atom stereocenters. The summed E-state index contributed by atoms with van der Waals surface area (Å²) >= 11 is 5.86. The van der Waals surface area contributed by atoms with Gasteiger partial charge in [0.05, 0.1) is 0 Å². The second kappa shape index (κ2) is 6.20. The Morgan fingerprint density at radius 3 is 2.89 bits per heavy atom. The molecule has 0 saturated heterocycles. The number of carbonyl (C=O) groups is 1.